The maximum absolute atomic E-state index is 11.8. The largest absolute Gasteiger partial charge is 0.467 e. The third-order valence-electron chi connectivity index (χ3n) is 6.76. The Bertz CT molecular complexity index is 614. The van der Waals surface area contributed by atoms with Crippen LogP contribution in [-0.4, -0.2) is 34.2 Å². The first kappa shape index (κ1) is 18.4. The summed E-state index contributed by atoms with van der Waals surface area (Å²) in [7, 11) is 0. The fourth-order valence-corrected chi connectivity index (χ4v) is 5.28. The van der Waals surface area contributed by atoms with Gasteiger partial charge < -0.3 is 28.8 Å². The van der Waals surface area contributed by atoms with Gasteiger partial charge in [-0.3, -0.25) is 0 Å². The van der Waals surface area contributed by atoms with E-state index < -0.39 is 24.0 Å². The second-order valence-electron chi connectivity index (χ2n) is 8.57. The Hall–Kier alpha value is -0.920. The molecule has 2 N–H and O–H groups in total. The molecular weight excluding hydrogens is 336 g/mol. The molecule has 26 heavy (non-hydrogen) atoms. The smallest absolute Gasteiger partial charge is 0.193 e. The third kappa shape index (κ3) is 3.02. The number of rotatable bonds is 3. The van der Waals surface area contributed by atoms with E-state index >= 15 is 0 Å². The minimum Gasteiger partial charge on any atom is -0.467 e. The first-order chi connectivity index (χ1) is 12.3. The molecule has 3 aliphatic rings. The normalized spacial score (nSPS) is 48.7. The molecule has 0 aromatic carbocycles. The predicted molar refractivity (Wildman–Crippen MR) is 92.6 cm³/mol. The molecule has 0 amide bonds. The summed E-state index contributed by atoms with van der Waals surface area (Å²) in [5.74, 6) is -0.133. The van der Waals surface area contributed by atoms with E-state index in [-0.39, 0.29) is 17.8 Å². The molecule has 4 rings (SSSR count). The molecule has 1 aromatic rings. The third-order valence-corrected chi connectivity index (χ3v) is 6.76. The SMILES string of the molecule is C[C@H]1C(OCc2ccco2)O[C@@H]2O[C@](C)(O)CCC3[C@H](C)CCC1[C@]32O. The van der Waals surface area contributed by atoms with Gasteiger partial charge in [0.2, 0.25) is 0 Å². The van der Waals surface area contributed by atoms with Gasteiger partial charge >= 0.3 is 0 Å². The first-order valence-electron chi connectivity index (χ1n) is 9.73. The van der Waals surface area contributed by atoms with Crippen LogP contribution >= 0.6 is 0 Å². The van der Waals surface area contributed by atoms with Gasteiger partial charge in [0.05, 0.1) is 6.26 Å². The zero-order chi connectivity index (χ0) is 18.5. The molecule has 2 saturated heterocycles. The van der Waals surface area contributed by atoms with E-state index in [1.165, 1.54) is 0 Å². The molecule has 3 heterocycles. The van der Waals surface area contributed by atoms with Crippen molar-refractivity contribution < 1.29 is 28.8 Å². The van der Waals surface area contributed by atoms with Crippen LogP contribution in [0.25, 0.3) is 0 Å². The Morgan fingerprint density at radius 3 is 2.73 bits per heavy atom. The van der Waals surface area contributed by atoms with E-state index in [2.05, 4.69) is 13.8 Å². The molecular formula is C20H30O6. The highest BCUT2D eigenvalue weighted by Crippen LogP contribution is 2.55. The van der Waals surface area contributed by atoms with Crippen molar-refractivity contribution in [3.63, 3.8) is 0 Å². The number of hydrogen-bond donors (Lipinski definition) is 2. The zero-order valence-corrected chi connectivity index (χ0v) is 15.8. The molecule has 0 bridgehead atoms. The molecule has 6 heteroatoms. The van der Waals surface area contributed by atoms with Crippen LogP contribution in [0.2, 0.25) is 0 Å². The molecule has 0 radical (unpaired) electrons. The van der Waals surface area contributed by atoms with Crippen LogP contribution in [-0.2, 0) is 20.8 Å². The van der Waals surface area contributed by atoms with Crippen molar-refractivity contribution in [1.29, 1.82) is 0 Å². The average Bonchev–Trinajstić information content (AvgIpc) is 3.05. The molecule has 1 saturated carbocycles. The van der Waals surface area contributed by atoms with Crippen LogP contribution in [0.4, 0.5) is 0 Å². The zero-order valence-electron chi connectivity index (χ0n) is 15.8. The van der Waals surface area contributed by atoms with Crippen LogP contribution in [0.15, 0.2) is 22.8 Å². The molecule has 0 spiro atoms. The predicted octanol–water partition coefficient (Wildman–Crippen LogP) is 3.03. The van der Waals surface area contributed by atoms with Gasteiger partial charge in [-0.15, -0.1) is 0 Å². The van der Waals surface area contributed by atoms with Gasteiger partial charge in [0.15, 0.2) is 18.4 Å². The summed E-state index contributed by atoms with van der Waals surface area (Å²) >= 11 is 0. The summed E-state index contributed by atoms with van der Waals surface area (Å²) in [4.78, 5) is 0. The van der Waals surface area contributed by atoms with Gasteiger partial charge in [0.1, 0.15) is 18.0 Å². The van der Waals surface area contributed by atoms with Crippen molar-refractivity contribution in [2.45, 2.75) is 77.0 Å². The fourth-order valence-electron chi connectivity index (χ4n) is 5.28. The first-order valence-corrected chi connectivity index (χ1v) is 9.73. The van der Waals surface area contributed by atoms with Gasteiger partial charge in [-0.25, -0.2) is 0 Å². The number of aliphatic hydroxyl groups is 2. The second kappa shape index (κ2) is 6.60. The quantitative estimate of drug-likeness (QED) is 0.856. The lowest BCUT2D eigenvalue weighted by Crippen LogP contribution is -2.67. The van der Waals surface area contributed by atoms with Crippen molar-refractivity contribution in [2.75, 3.05) is 0 Å². The van der Waals surface area contributed by atoms with Crippen molar-refractivity contribution in [1.82, 2.24) is 0 Å². The summed E-state index contributed by atoms with van der Waals surface area (Å²) in [6.45, 7) is 6.20. The lowest BCUT2D eigenvalue weighted by molar-refractivity contribution is -0.409. The van der Waals surface area contributed by atoms with Crippen LogP contribution < -0.4 is 0 Å². The van der Waals surface area contributed by atoms with Crippen molar-refractivity contribution in [3.8, 4) is 0 Å². The van der Waals surface area contributed by atoms with E-state index in [9.17, 15) is 10.2 Å². The summed E-state index contributed by atoms with van der Waals surface area (Å²) in [6, 6.07) is 3.68. The molecule has 1 aliphatic carbocycles. The topological polar surface area (TPSA) is 81.3 Å². The van der Waals surface area contributed by atoms with Crippen LogP contribution in [0.3, 0.4) is 0 Å². The molecule has 8 atom stereocenters. The summed E-state index contributed by atoms with van der Waals surface area (Å²) < 4.78 is 23.3. The van der Waals surface area contributed by atoms with E-state index in [1.807, 2.05) is 12.1 Å². The van der Waals surface area contributed by atoms with Crippen molar-refractivity contribution in [2.24, 2.45) is 23.7 Å². The average molecular weight is 366 g/mol. The Labute approximate surface area is 154 Å². The minimum absolute atomic E-state index is 0.0120. The van der Waals surface area contributed by atoms with Gasteiger partial charge in [-0.2, -0.15) is 0 Å². The highest BCUT2D eigenvalue weighted by Gasteiger charge is 2.63. The molecule has 3 fully saturated rings. The summed E-state index contributed by atoms with van der Waals surface area (Å²) in [6.07, 6.45) is 3.38. The monoisotopic (exact) mass is 366 g/mol. The Morgan fingerprint density at radius 2 is 2.00 bits per heavy atom. The maximum Gasteiger partial charge on any atom is 0.193 e. The summed E-state index contributed by atoms with van der Waals surface area (Å²) in [5, 5.41) is 22.3. The van der Waals surface area contributed by atoms with E-state index in [1.54, 1.807) is 13.2 Å². The van der Waals surface area contributed by atoms with Crippen LogP contribution in [0.1, 0.15) is 52.2 Å². The Morgan fingerprint density at radius 1 is 1.19 bits per heavy atom. The maximum atomic E-state index is 11.8. The van der Waals surface area contributed by atoms with Crippen LogP contribution in [0, 0.1) is 23.7 Å². The van der Waals surface area contributed by atoms with Gasteiger partial charge in [-0.05, 0) is 50.2 Å². The number of hydrogen-bond acceptors (Lipinski definition) is 6. The summed E-state index contributed by atoms with van der Waals surface area (Å²) in [5.41, 5.74) is -1.10. The highest BCUT2D eigenvalue weighted by atomic mass is 16.8. The lowest BCUT2D eigenvalue weighted by atomic mass is 9.58. The van der Waals surface area contributed by atoms with Gasteiger partial charge in [0.25, 0.3) is 0 Å². The molecule has 6 nitrogen and oxygen atoms in total. The molecule has 2 aliphatic heterocycles. The minimum atomic E-state index is -1.31. The van der Waals surface area contributed by atoms with E-state index in [0.29, 0.717) is 18.9 Å². The lowest BCUT2D eigenvalue weighted by Gasteiger charge is -2.57. The van der Waals surface area contributed by atoms with Gasteiger partial charge in [-0.1, -0.05) is 13.8 Å². The Kier molecular flexibility index (Phi) is 4.68. The number of ether oxygens (including phenoxy) is 3. The molecule has 146 valence electrons. The molecule has 3 unspecified atom stereocenters. The standard InChI is InChI=1S/C20H30O6/c1-12-6-7-16-13(2)17(24-11-14-5-4-10-23-14)25-18-20(16,22)15(12)8-9-19(3,21)26-18/h4-5,10,12-13,15-18,21-22H,6-9,11H2,1-3H3/t12-,13-,15?,16?,17?,18-,19+,20-/m1/s1. The number of furan rings is 1. The Balaban J connectivity index is 1.60. The van der Waals surface area contributed by atoms with Gasteiger partial charge in [0, 0.05) is 18.3 Å². The van der Waals surface area contributed by atoms with Crippen LogP contribution in [0.5, 0.6) is 0 Å². The fraction of sp³-hybridized carbons (Fsp3) is 0.800. The van der Waals surface area contributed by atoms with E-state index in [0.717, 1.165) is 25.0 Å². The molecule has 1 aromatic heterocycles. The van der Waals surface area contributed by atoms with Crippen molar-refractivity contribution in [3.05, 3.63) is 24.2 Å². The van der Waals surface area contributed by atoms with E-state index in [4.69, 9.17) is 18.6 Å². The van der Waals surface area contributed by atoms with Crippen molar-refractivity contribution >= 4 is 0 Å². The highest BCUT2D eigenvalue weighted by molar-refractivity contribution is 5.07. The second-order valence-corrected chi connectivity index (χ2v) is 8.57.